The molecule has 120 valence electrons. The average molecular weight is 317 g/mol. The highest BCUT2D eigenvalue weighted by Crippen LogP contribution is 2.30. The van der Waals surface area contributed by atoms with E-state index in [4.69, 9.17) is 4.74 Å². The third kappa shape index (κ3) is 4.23. The van der Waals surface area contributed by atoms with Crippen LogP contribution in [0.25, 0.3) is 0 Å². The Balaban J connectivity index is 3.28. The molecule has 0 saturated carbocycles. The Bertz CT molecular complexity index is 490. The van der Waals surface area contributed by atoms with Crippen molar-refractivity contribution >= 4 is 13.3 Å². The van der Waals surface area contributed by atoms with Crippen molar-refractivity contribution in [1.82, 2.24) is 4.98 Å². The van der Waals surface area contributed by atoms with E-state index in [0.29, 0.717) is 6.42 Å². The van der Waals surface area contributed by atoms with Crippen LogP contribution in [0.2, 0.25) is 19.6 Å². The molecule has 1 aromatic heterocycles. The van der Waals surface area contributed by atoms with Crippen LogP contribution in [0.4, 0.5) is 8.78 Å². The lowest BCUT2D eigenvalue weighted by molar-refractivity contribution is 0.153. The minimum Gasteiger partial charge on any atom is -0.481 e. The quantitative estimate of drug-likeness (QED) is 0.475. The highest BCUT2D eigenvalue weighted by molar-refractivity contribution is 6.88. The number of aromatic nitrogens is 1. The molecule has 3 nitrogen and oxygen atoms in total. The van der Waals surface area contributed by atoms with Gasteiger partial charge in [0.1, 0.15) is 5.82 Å². The molecule has 1 N–H and O–H groups in total. The van der Waals surface area contributed by atoms with Crippen molar-refractivity contribution < 1.29 is 18.6 Å². The second kappa shape index (κ2) is 7.31. The van der Waals surface area contributed by atoms with E-state index < -0.39 is 25.9 Å². The molecule has 0 saturated heterocycles. The number of hydrogen-bond acceptors (Lipinski definition) is 3. The molecule has 0 aliphatic heterocycles. The molecular weight excluding hydrogens is 292 g/mol. The molecule has 1 unspecified atom stereocenters. The molecule has 0 radical (unpaired) electrons. The van der Waals surface area contributed by atoms with Crippen molar-refractivity contribution in [1.29, 1.82) is 0 Å². The van der Waals surface area contributed by atoms with Gasteiger partial charge in [-0.1, -0.05) is 45.8 Å². The van der Waals surface area contributed by atoms with Gasteiger partial charge in [-0.2, -0.15) is 9.37 Å². The number of aliphatic hydroxyl groups is 1. The number of pyridine rings is 1. The number of nitrogens with zero attached hydrogens (tertiary/aromatic N) is 1. The summed E-state index contributed by atoms with van der Waals surface area (Å²) in [7, 11) is -0.949. The maximum Gasteiger partial charge on any atom is 0.224 e. The molecule has 0 fully saturated rings. The minimum absolute atomic E-state index is 0.00701. The lowest BCUT2D eigenvalue weighted by Gasteiger charge is -2.22. The SMILES string of the molecule is CCCCCC(O)c1c(OC)nc(F)c([Si](C)(C)C)c1F. The number of halogens is 2. The Kier molecular flexibility index (Phi) is 6.28. The molecule has 0 amide bonds. The van der Waals surface area contributed by atoms with E-state index in [-0.39, 0.29) is 16.6 Å². The molecule has 0 bridgehead atoms. The summed E-state index contributed by atoms with van der Waals surface area (Å²) >= 11 is 0. The van der Waals surface area contributed by atoms with E-state index in [1.165, 1.54) is 7.11 Å². The van der Waals surface area contributed by atoms with Crippen molar-refractivity contribution in [2.24, 2.45) is 0 Å². The average Bonchev–Trinajstić information content (AvgIpc) is 2.36. The van der Waals surface area contributed by atoms with Crippen LogP contribution in [0.15, 0.2) is 0 Å². The summed E-state index contributed by atoms with van der Waals surface area (Å²) in [6, 6.07) is 0. The van der Waals surface area contributed by atoms with Crippen LogP contribution in [-0.4, -0.2) is 25.3 Å². The molecule has 1 rings (SSSR count). The smallest absolute Gasteiger partial charge is 0.224 e. The predicted molar refractivity (Wildman–Crippen MR) is 82.8 cm³/mol. The molecule has 6 heteroatoms. The van der Waals surface area contributed by atoms with Gasteiger partial charge in [0.15, 0.2) is 0 Å². The van der Waals surface area contributed by atoms with E-state index >= 15 is 0 Å². The molecule has 0 aliphatic rings. The fraction of sp³-hybridized carbons (Fsp3) is 0.667. The number of ether oxygens (including phenoxy) is 1. The van der Waals surface area contributed by atoms with Crippen molar-refractivity contribution in [3.8, 4) is 5.88 Å². The zero-order chi connectivity index (χ0) is 16.2. The lowest BCUT2D eigenvalue weighted by atomic mass is 10.0. The Morgan fingerprint density at radius 1 is 1.24 bits per heavy atom. The molecule has 1 aromatic rings. The van der Waals surface area contributed by atoms with Crippen LogP contribution < -0.4 is 9.92 Å². The molecule has 1 heterocycles. The van der Waals surface area contributed by atoms with Crippen LogP contribution in [0, 0.1) is 11.8 Å². The van der Waals surface area contributed by atoms with Gasteiger partial charge in [-0.05, 0) is 6.42 Å². The molecule has 0 spiro atoms. The van der Waals surface area contributed by atoms with Gasteiger partial charge in [0.2, 0.25) is 11.8 Å². The molecule has 1 atom stereocenters. The third-order valence-electron chi connectivity index (χ3n) is 3.45. The summed E-state index contributed by atoms with van der Waals surface area (Å²) in [5, 5.41) is 10.3. The summed E-state index contributed by atoms with van der Waals surface area (Å²) in [4.78, 5) is 3.71. The third-order valence-corrected chi connectivity index (χ3v) is 5.38. The van der Waals surface area contributed by atoms with E-state index in [1.54, 1.807) is 0 Å². The predicted octanol–water partition coefficient (Wildman–Crippen LogP) is 3.53. The first kappa shape index (κ1) is 18.0. The van der Waals surface area contributed by atoms with Crippen LogP contribution in [0.1, 0.15) is 44.3 Å². The van der Waals surface area contributed by atoms with Crippen molar-refractivity contribution in [3.63, 3.8) is 0 Å². The molecule has 21 heavy (non-hydrogen) atoms. The first-order chi connectivity index (χ1) is 9.73. The summed E-state index contributed by atoms with van der Waals surface area (Å²) in [5.74, 6) is -1.67. The first-order valence-corrected chi connectivity index (χ1v) is 10.8. The van der Waals surface area contributed by atoms with Gasteiger partial charge >= 0.3 is 0 Å². The van der Waals surface area contributed by atoms with Crippen LogP contribution in [-0.2, 0) is 0 Å². The first-order valence-electron chi connectivity index (χ1n) is 7.35. The van der Waals surface area contributed by atoms with Crippen LogP contribution >= 0.6 is 0 Å². The fourth-order valence-corrected chi connectivity index (χ4v) is 3.81. The second-order valence-corrected chi connectivity index (χ2v) is 11.3. The number of hydrogen-bond donors (Lipinski definition) is 1. The summed E-state index contributed by atoms with van der Waals surface area (Å²) in [5.41, 5.74) is -0.00701. The minimum atomic E-state index is -2.25. The fourth-order valence-electron chi connectivity index (χ4n) is 2.34. The Morgan fingerprint density at radius 2 is 1.86 bits per heavy atom. The van der Waals surface area contributed by atoms with E-state index in [9.17, 15) is 13.9 Å². The molecular formula is C15H25F2NO2Si. The van der Waals surface area contributed by atoms with E-state index in [1.807, 2.05) is 19.6 Å². The second-order valence-electron chi connectivity index (χ2n) is 6.28. The zero-order valence-electron chi connectivity index (χ0n) is 13.5. The summed E-state index contributed by atoms with van der Waals surface area (Å²) in [6.07, 6.45) is 2.14. The molecule has 0 aliphatic carbocycles. The maximum atomic E-state index is 14.8. The van der Waals surface area contributed by atoms with Crippen molar-refractivity contribution in [3.05, 3.63) is 17.3 Å². The van der Waals surface area contributed by atoms with Crippen molar-refractivity contribution in [2.45, 2.75) is 58.4 Å². The summed E-state index contributed by atoms with van der Waals surface area (Å²) in [6.45, 7) is 7.58. The van der Waals surface area contributed by atoms with Gasteiger partial charge in [0.25, 0.3) is 0 Å². The Hall–Kier alpha value is -1.01. The van der Waals surface area contributed by atoms with Crippen LogP contribution in [0.3, 0.4) is 0 Å². The Morgan fingerprint density at radius 3 is 2.33 bits per heavy atom. The Labute approximate surface area is 126 Å². The normalized spacial score (nSPS) is 13.3. The van der Waals surface area contributed by atoms with Gasteiger partial charge < -0.3 is 9.84 Å². The van der Waals surface area contributed by atoms with Crippen LogP contribution in [0.5, 0.6) is 5.88 Å². The summed E-state index contributed by atoms with van der Waals surface area (Å²) < 4.78 is 33.8. The number of rotatable bonds is 7. The topological polar surface area (TPSA) is 42.4 Å². The number of methoxy groups -OCH3 is 1. The van der Waals surface area contributed by atoms with E-state index in [2.05, 4.69) is 11.9 Å². The van der Waals surface area contributed by atoms with Gasteiger partial charge in [-0.25, -0.2) is 4.39 Å². The molecule has 0 aromatic carbocycles. The van der Waals surface area contributed by atoms with Gasteiger partial charge in [0, 0.05) is 5.19 Å². The van der Waals surface area contributed by atoms with Gasteiger partial charge in [-0.3, -0.25) is 0 Å². The maximum absolute atomic E-state index is 14.8. The number of unbranched alkanes of at least 4 members (excludes halogenated alkanes) is 2. The van der Waals surface area contributed by atoms with E-state index in [0.717, 1.165) is 19.3 Å². The standard InChI is InChI=1S/C15H25F2NO2Si/c1-6-7-8-9-10(19)11-12(16)13(21(3,4)5)14(17)18-15(11)20-2/h10,19H,6-9H2,1-5H3. The number of aliphatic hydroxyl groups excluding tert-OH is 1. The van der Waals surface area contributed by atoms with Gasteiger partial charge in [0.05, 0.1) is 26.9 Å². The zero-order valence-corrected chi connectivity index (χ0v) is 14.5. The van der Waals surface area contributed by atoms with Crippen molar-refractivity contribution in [2.75, 3.05) is 7.11 Å². The monoisotopic (exact) mass is 317 g/mol. The largest absolute Gasteiger partial charge is 0.481 e. The highest BCUT2D eigenvalue weighted by Gasteiger charge is 2.32. The lowest BCUT2D eigenvalue weighted by Crippen LogP contribution is -2.44. The van der Waals surface area contributed by atoms with Gasteiger partial charge in [-0.15, -0.1) is 0 Å². The highest BCUT2D eigenvalue weighted by atomic mass is 28.3.